The van der Waals surface area contributed by atoms with Crippen molar-refractivity contribution in [3.05, 3.63) is 39.5 Å². The highest BCUT2D eigenvalue weighted by Crippen LogP contribution is 2.34. The van der Waals surface area contributed by atoms with E-state index < -0.39 is 30.7 Å². The Morgan fingerprint density at radius 1 is 1.25 bits per heavy atom. The number of rotatable bonds is 8. The third-order valence-electron chi connectivity index (χ3n) is 5.70. The number of hydrogen-bond acceptors (Lipinski definition) is 9. The minimum atomic E-state index is -0.568. The van der Waals surface area contributed by atoms with Crippen molar-refractivity contribution in [1.29, 1.82) is 0 Å². The fourth-order valence-electron chi connectivity index (χ4n) is 4.00. The Kier molecular flexibility index (Phi) is 7.97. The highest BCUT2D eigenvalue weighted by Gasteiger charge is 2.33. The topological polar surface area (TPSA) is 143 Å². The van der Waals surface area contributed by atoms with Gasteiger partial charge in [-0.1, -0.05) is 11.6 Å². The van der Waals surface area contributed by atoms with Crippen LogP contribution < -0.4 is 26.2 Å². The smallest absolute Gasteiger partial charge is 0.414 e. The molecule has 0 aliphatic carbocycles. The predicted octanol–water partition coefficient (Wildman–Crippen LogP) is 2.20. The number of cyclic esters (lactones) is 1. The molecule has 1 aromatic heterocycles. The molecular weight excluding hydrogens is 510 g/mol. The van der Waals surface area contributed by atoms with Crippen LogP contribution in [0.1, 0.15) is 23.0 Å². The molecule has 2 saturated heterocycles. The van der Waals surface area contributed by atoms with E-state index in [0.29, 0.717) is 27.1 Å². The lowest BCUT2D eigenvalue weighted by Crippen LogP contribution is -2.34. The number of nitrogens with one attached hydrogen (secondary N) is 2. The number of hydrogen-bond donors (Lipinski definition) is 3. The number of amides is 3. The van der Waals surface area contributed by atoms with Crippen molar-refractivity contribution in [3.63, 3.8) is 0 Å². The minimum absolute atomic E-state index is 0.0176. The van der Waals surface area contributed by atoms with E-state index in [0.717, 1.165) is 30.0 Å². The summed E-state index contributed by atoms with van der Waals surface area (Å²) in [6.07, 6.45) is -0.316. The minimum Gasteiger partial charge on any atom is -0.456 e. The molecule has 2 atom stereocenters. The zero-order valence-corrected chi connectivity index (χ0v) is 21.1. The van der Waals surface area contributed by atoms with Gasteiger partial charge in [-0.15, -0.1) is 11.3 Å². The summed E-state index contributed by atoms with van der Waals surface area (Å²) in [7, 11) is 0. The SMILES string of the molecule is CC(=O)OCC(=O)Nc1cc(N2CC(CNC(=O)c3ccc(Cl)s3)OC2=O)ccc1N1CCC(N)C1. The van der Waals surface area contributed by atoms with E-state index in [1.807, 2.05) is 4.90 Å². The van der Waals surface area contributed by atoms with Crippen molar-refractivity contribution < 1.29 is 28.7 Å². The lowest BCUT2D eigenvalue weighted by molar-refractivity contribution is -0.144. The van der Waals surface area contributed by atoms with Crippen LogP contribution in [0.2, 0.25) is 4.34 Å². The first-order valence-corrected chi connectivity index (χ1v) is 12.5. The summed E-state index contributed by atoms with van der Waals surface area (Å²) in [5, 5.41) is 5.51. The lowest BCUT2D eigenvalue weighted by atomic mass is 10.2. The number of nitrogens with two attached hydrogens (primary N) is 1. The maximum absolute atomic E-state index is 12.6. The van der Waals surface area contributed by atoms with Crippen LogP contribution in [-0.2, 0) is 19.1 Å². The number of carbonyl (C=O) groups is 4. The molecule has 2 aliphatic rings. The zero-order valence-electron chi connectivity index (χ0n) is 19.5. The molecule has 2 fully saturated rings. The Labute approximate surface area is 216 Å². The van der Waals surface area contributed by atoms with Crippen molar-refractivity contribution in [2.24, 2.45) is 5.73 Å². The summed E-state index contributed by atoms with van der Waals surface area (Å²) in [4.78, 5) is 52.3. The third kappa shape index (κ3) is 6.25. The Morgan fingerprint density at radius 3 is 2.72 bits per heavy atom. The Bertz CT molecular complexity index is 1170. The highest BCUT2D eigenvalue weighted by atomic mass is 35.5. The molecule has 0 bridgehead atoms. The van der Waals surface area contributed by atoms with Crippen LogP contribution in [0.5, 0.6) is 0 Å². The summed E-state index contributed by atoms with van der Waals surface area (Å²) >= 11 is 7.04. The molecule has 3 heterocycles. The maximum atomic E-state index is 12.6. The quantitative estimate of drug-likeness (QED) is 0.436. The van der Waals surface area contributed by atoms with E-state index in [4.69, 9.17) is 26.8 Å². The average Bonchev–Trinajstić information content (AvgIpc) is 3.56. The van der Waals surface area contributed by atoms with Gasteiger partial charge >= 0.3 is 12.1 Å². The van der Waals surface area contributed by atoms with Gasteiger partial charge in [-0.3, -0.25) is 19.3 Å². The Hall–Kier alpha value is -3.35. The first-order valence-electron chi connectivity index (χ1n) is 11.3. The fraction of sp³-hybridized carbons (Fsp3) is 0.391. The summed E-state index contributed by atoms with van der Waals surface area (Å²) in [6.45, 7) is 2.47. The lowest BCUT2D eigenvalue weighted by Gasteiger charge is -2.24. The summed E-state index contributed by atoms with van der Waals surface area (Å²) in [6, 6.07) is 8.51. The van der Waals surface area contributed by atoms with Crippen molar-refractivity contribution in [2.45, 2.75) is 25.5 Å². The van der Waals surface area contributed by atoms with Gasteiger partial charge in [0, 0.05) is 31.7 Å². The van der Waals surface area contributed by atoms with Crippen molar-refractivity contribution in [1.82, 2.24) is 5.32 Å². The predicted molar refractivity (Wildman–Crippen MR) is 136 cm³/mol. The van der Waals surface area contributed by atoms with E-state index in [2.05, 4.69) is 10.6 Å². The molecule has 3 amide bonds. The Balaban J connectivity index is 1.46. The zero-order chi connectivity index (χ0) is 25.8. The molecule has 0 radical (unpaired) electrons. The number of anilines is 3. The van der Waals surface area contributed by atoms with Gasteiger partial charge in [0.15, 0.2) is 6.61 Å². The monoisotopic (exact) mass is 535 g/mol. The van der Waals surface area contributed by atoms with E-state index >= 15 is 0 Å². The highest BCUT2D eigenvalue weighted by molar-refractivity contribution is 7.18. The van der Waals surface area contributed by atoms with Crippen LogP contribution in [0.15, 0.2) is 30.3 Å². The molecule has 1 aromatic carbocycles. The van der Waals surface area contributed by atoms with Gasteiger partial charge in [0.05, 0.1) is 33.7 Å². The molecular formula is C23H26ClN5O6S. The number of carbonyl (C=O) groups excluding carboxylic acids is 4. The second-order valence-corrected chi connectivity index (χ2v) is 10.2. The number of ether oxygens (including phenoxy) is 2. The van der Waals surface area contributed by atoms with Crippen LogP contribution >= 0.6 is 22.9 Å². The second kappa shape index (κ2) is 11.1. The van der Waals surface area contributed by atoms with Crippen LogP contribution in [-0.4, -0.2) is 68.8 Å². The number of esters is 1. The first kappa shape index (κ1) is 25.7. The third-order valence-corrected chi connectivity index (χ3v) is 6.93. The van der Waals surface area contributed by atoms with Gasteiger partial charge in [0.2, 0.25) is 0 Å². The first-order chi connectivity index (χ1) is 17.2. The standard InChI is InChI=1S/C23H26ClN5O6S/c1-13(30)34-12-21(31)27-17-8-15(2-3-18(17)28-7-6-14(25)10-28)29-11-16(35-23(29)33)9-26-22(32)19-4-5-20(24)36-19/h2-5,8,14,16H,6-7,9-12,25H2,1H3,(H,26,32)(H,27,31). The van der Waals surface area contributed by atoms with Gasteiger partial charge in [-0.25, -0.2) is 4.79 Å². The number of halogens is 1. The molecule has 4 rings (SSSR count). The number of nitrogens with zero attached hydrogens (tertiary/aromatic N) is 2. The molecule has 2 unspecified atom stereocenters. The maximum Gasteiger partial charge on any atom is 0.414 e. The fourth-order valence-corrected chi connectivity index (χ4v) is 4.96. The second-order valence-electron chi connectivity index (χ2n) is 8.45. The molecule has 36 heavy (non-hydrogen) atoms. The molecule has 0 saturated carbocycles. The summed E-state index contributed by atoms with van der Waals surface area (Å²) < 4.78 is 10.7. The Morgan fingerprint density at radius 2 is 2.06 bits per heavy atom. The van der Waals surface area contributed by atoms with Crippen LogP contribution in [0.25, 0.3) is 0 Å². The van der Waals surface area contributed by atoms with Crippen LogP contribution in [0.3, 0.4) is 0 Å². The van der Waals surface area contributed by atoms with Crippen LogP contribution in [0, 0.1) is 0 Å². The van der Waals surface area contributed by atoms with E-state index in [1.54, 1.807) is 30.3 Å². The van der Waals surface area contributed by atoms with Gasteiger partial charge in [0.25, 0.3) is 11.8 Å². The molecule has 2 aromatic rings. The van der Waals surface area contributed by atoms with E-state index in [-0.39, 0.29) is 25.0 Å². The number of thiophene rings is 1. The largest absolute Gasteiger partial charge is 0.456 e. The van der Waals surface area contributed by atoms with Gasteiger partial charge < -0.3 is 30.7 Å². The van der Waals surface area contributed by atoms with Crippen molar-refractivity contribution in [2.75, 3.05) is 47.9 Å². The van der Waals surface area contributed by atoms with Gasteiger partial charge in [0.1, 0.15) is 6.10 Å². The van der Waals surface area contributed by atoms with Crippen LogP contribution in [0.4, 0.5) is 21.9 Å². The molecule has 13 heteroatoms. The van der Waals surface area contributed by atoms with Crippen molar-refractivity contribution in [3.8, 4) is 0 Å². The van der Waals surface area contributed by atoms with E-state index in [9.17, 15) is 19.2 Å². The summed E-state index contributed by atoms with van der Waals surface area (Å²) in [5.41, 5.74) is 7.76. The normalized spacial score (nSPS) is 19.2. The molecule has 2 aliphatic heterocycles. The van der Waals surface area contributed by atoms with Gasteiger partial charge in [-0.2, -0.15) is 0 Å². The van der Waals surface area contributed by atoms with Crippen molar-refractivity contribution >= 4 is 63.9 Å². The average molecular weight is 536 g/mol. The summed E-state index contributed by atoms with van der Waals surface area (Å²) in [5.74, 6) is -1.37. The molecule has 0 spiro atoms. The molecule has 192 valence electrons. The van der Waals surface area contributed by atoms with Gasteiger partial charge in [-0.05, 0) is 36.8 Å². The van der Waals surface area contributed by atoms with E-state index in [1.165, 1.54) is 11.8 Å². The molecule has 11 nitrogen and oxygen atoms in total. The number of benzene rings is 1. The molecule has 4 N–H and O–H groups in total.